The number of H-pyrrole nitrogens is 1. The highest BCUT2D eigenvalue weighted by atomic mass is 32.2. The van der Waals surface area contributed by atoms with E-state index in [0.29, 0.717) is 25.6 Å². The minimum absolute atomic E-state index is 0. The van der Waals surface area contributed by atoms with Crippen LogP contribution in [0.5, 0.6) is 0 Å². The molecular formula is C28H36N4O3S. The molecule has 5 rings (SSSR count). The van der Waals surface area contributed by atoms with E-state index in [1.807, 2.05) is 56.8 Å². The van der Waals surface area contributed by atoms with E-state index in [1.54, 1.807) is 11.8 Å². The van der Waals surface area contributed by atoms with E-state index >= 15 is 0 Å². The van der Waals surface area contributed by atoms with Gasteiger partial charge in [0.2, 0.25) is 11.8 Å². The lowest BCUT2D eigenvalue weighted by Crippen LogP contribution is -2.42. The Balaban J connectivity index is 0.00000320. The summed E-state index contributed by atoms with van der Waals surface area (Å²) in [5, 5.41) is -0.404. The number of carbonyl (C=O) groups excluding carboxylic acids is 2. The van der Waals surface area contributed by atoms with Crippen LogP contribution in [0.1, 0.15) is 57.9 Å². The fraction of sp³-hybridized carbons (Fsp3) is 0.464. The Bertz CT molecular complexity index is 1280. The number of likely N-dealkylation sites (tertiary alicyclic amines) is 1. The van der Waals surface area contributed by atoms with Crippen molar-refractivity contribution < 1.29 is 11.0 Å². The number of hydrogen-bond donors (Lipinski definition) is 1. The van der Waals surface area contributed by atoms with Gasteiger partial charge in [-0.1, -0.05) is 56.3 Å². The van der Waals surface area contributed by atoms with Crippen molar-refractivity contribution in [2.24, 2.45) is 5.92 Å². The van der Waals surface area contributed by atoms with Gasteiger partial charge < -0.3 is 14.8 Å². The largest absolute Gasteiger partial charge is 0.342 e. The maximum atomic E-state index is 13.4. The fourth-order valence-electron chi connectivity index (χ4n) is 5.32. The van der Waals surface area contributed by atoms with Crippen LogP contribution in [-0.2, 0) is 9.59 Å². The van der Waals surface area contributed by atoms with Crippen molar-refractivity contribution in [2.75, 3.05) is 19.6 Å². The molecule has 3 heterocycles. The molecule has 1 N–H and O–H groups in total. The molecule has 7 nitrogen and oxygen atoms in total. The molecule has 2 atom stereocenters. The Morgan fingerprint density at radius 3 is 2.47 bits per heavy atom. The third-order valence-electron chi connectivity index (χ3n) is 7.33. The average molecular weight is 509 g/mol. The number of imidazole rings is 1. The first-order valence-electron chi connectivity index (χ1n) is 12.9. The molecule has 2 saturated heterocycles. The van der Waals surface area contributed by atoms with Crippen LogP contribution >= 0.6 is 11.8 Å². The Morgan fingerprint density at radius 2 is 1.75 bits per heavy atom. The minimum atomic E-state index is -0.358. The number of hydrogen-bond acceptors (Lipinski definition) is 4. The third-order valence-corrected chi connectivity index (χ3v) is 8.81. The number of amides is 2. The smallest absolute Gasteiger partial charge is 0.326 e. The number of fused-ring (bicyclic) bond motifs is 1. The van der Waals surface area contributed by atoms with Crippen molar-refractivity contribution in [1.29, 1.82) is 0 Å². The molecule has 192 valence electrons. The summed E-state index contributed by atoms with van der Waals surface area (Å²) in [6.07, 6.45) is 2.62. The van der Waals surface area contributed by atoms with Gasteiger partial charge in [-0.2, -0.15) is 0 Å². The number of nitrogens with zero attached hydrogens (tertiary/aromatic N) is 3. The zero-order chi connectivity index (χ0) is 25.2. The van der Waals surface area contributed by atoms with Crippen molar-refractivity contribution in [3.05, 3.63) is 70.6 Å². The van der Waals surface area contributed by atoms with Crippen molar-refractivity contribution >= 4 is 34.6 Å². The summed E-state index contributed by atoms with van der Waals surface area (Å²) in [6, 6.07) is 17.9. The number of para-hydroxylation sites is 2. The molecule has 0 radical (unpaired) electrons. The summed E-state index contributed by atoms with van der Waals surface area (Å²) in [6.45, 7) is 6.24. The van der Waals surface area contributed by atoms with Gasteiger partial charge >= 0.3 is 5.69 Å². The molecule has 36 heavy (non-hydrogen) atoms. The zero-order valence-electron chi connectivity index (χ0n) is 20.9. The summed E-state index contributed by atoms with van der Waals surface area (Å²) in [7, 11) is 0. The van der Waals surface area contributed by atoms with Gasteiger partial charge in [0.25, 0.3) is 0 Å². The lowest BCUT2D eigenvalue weighted by atomic mass is 10.0. The molecule has 1 aromatic heterocycles. The van der Waals surface area contributed by atoms with Gasteiger partial charge in [0, 0.05) is 33.5 Å². The molecule has 2 fully saturated rings. The van der Waals surface area contributed by atoms with Gasteiger partial charge in [-0.3, -0.25) is 14.2 Å². The molecular weight excluding hydrogens is 472 g/mol. The molecule has 0 aliphatic carbocycles. The average Bonchev–Trinajstić information content (AvgIpc) is 3.38. The molecule has 0 spiro atoms. The molecule has 8 heteroatoms. The van der Waals surface area contributed by atoms with Crippen molar-refractivity contribution in [3.8, 4) is 0 Å². The van der Waals surface area contributed by atoms with E-state index in [1.165, 1.54) is 0 Å². The van der Waals surface area contributed by atoms with Crippen molar-refractivity contribution in [3.63, 3.8) is 0 Å². The van der Waals surface area contributed by atoms with Crippen LogP contribution in [0.2, 0.25) is 0 Å². The van der Waals surface area contributed by atoms with E-state index < -0.39 is 0 Å². The van der Waals surface area contributed by atoms with E-state index in [0.717, 1.165) is 35.9 Å². The van der Waals surface area contributed by atoms with Gasteiger partial charge in [0.05, 0.1) is 16.3 Å². The Kier molecular flexibility index (Phi) is 7.23. The first kappa shape index (κ1) is 24.7. The third kappa shape index (κ3) is 4.96. The van der Waals surface area contributed by atoms with Gasteiger partial charge in [0.1, 0.15) is 5.37 Å². The summed E-state index contributed by atoms with van der Waals surface area (Å²) >= 11 is 1.61. The van der Waals surface area contributed by atoms with Crippen LogP contribution in [0.3, 0.4) is 0 Å². The summed E-state index contributed by atoms with van der Waals surface area (Å²) < 4.78 is 1.84. The number of aromatic nitrogens is 2. The standard InChI is InChI=1S/C28H34N4O3S.H2/c1-19(2)12-17-31-26(34)24(36-27(31)20-8-4-3-5-9-20)18-25(33)30-15-13-21(14-16-30)32-23-11-7-6-10-22(23)29-28(32)35;/h3-11,19,21,24,27H,12-18H2,1-2H3,(H,29,35);1H. The molecule has 3 aromatic rings. The van der Waals surface area contributed by atoms with Gasteiger partial charge in [-0.05, 0) is 42.9 Å². The Hall–Kier alpha value is -3.00. The van der Waals surface area contributed by atoms with E-state index in [2.05, 4.69) is 31.0 Å². The highest BCUT2D eigenvalue weighted by Crippen LogP contribution is 2.44. The van der Waals surface area contributed by atoms with Crippen LogP contribution in [-0.4, -0.2) is 56.0 Å². The number of piperidine rings is 1. The SMILES string of the molecule is CC(C)CCN1C(=O)C(CC(=O)N2CCC(n3c(=O)[nH]c4ccccc43)CC2)SC1c1ccccc1.[HH]. The molecule has 2 aromatic carbocycles. The van der Waals surface area contributed by atoms with E-state index in [9.17, 15) is 14.4 Å². The van der Waals surface area contributed by atoms with Crippen molar-refractivity contribution in [1.82, 2.24) is 19.4 Å². The summed E-state index contributed by atoms with van der Waals surface area (Å²) in [5.74, 6) is 0.608. The van der Waals surface area contributed by atoms with Crippen LogP contribution in [0.15, 0.2) is 59.4 Å². The quantitative estimate of drug-likeness (QED) is 0.496. The second-order valence-corrected chi connectivity index (χ2v) is 11.5. The molecule has 2 unspecified atom stereocenters. The monoisotopic (exact) mass is 508 g/mol. The number of carbonyl (C=O) groups is 2. The number of benzene rings is 2. The molecule has 0 bridgehead atoms. The second-order valence-electron chi connectivity index (χ2n) is 10.2. The fourth-order valence-corrected chi connectivity index (χ4v) is 6.79. The predicted molar refractivity (Wildman–Crippen MR) is 146 cm³/mol. The predicted octanol–water partition coefficient (Wildman–Crippen LogP) is 4.82. The Morgan fingerprint density at radius 1 is 1.06 bits per heavy atom. The lowest BCUT2D eigenvalue weighted by molar-refractivity contribution is -0.136. The first-order valence-corrected chi connectivity index (χ1v) is 13.8. The number of aromatic amines is 1. The van der Waals surface area contributed by atoms with Gasteiger partial charge in [-0.15, -0.1) is 11.8 Å². The number of thioether (sulfide) groups is 1. The topological polar surface area (TPSA) is 78.4 Å². The second kappa shape index (κ2) is 10.5. The van der Waals surface area contributed by atoms with Gasteiger partial charge in [0.15, 0.2) is 0 Å². The highest BCUT2D eigenvalue weighted by Gasteiger charge is 2.42. The summed E-state index contributed by atoms with van der Waals surface area (Å²) in [5.41, 5.74) is 2.77. The zero-order valence-corrected chi connectivity index (χ0v) is 21.7. The van der Waals surface area contributed by atoms with Crippen LogP contribution in [0.25, 0.3) is 11.0 Å². The summed E-state index contributed by atoms with van der Waals surface area (Å²) in [4.78, 5) is 46.0. The number of nitrogens with one attached hydrogen (secondary N) is 1. The maximum absolute atomic E-state index is 13.4. The maximum Gasteiger partial charge on any atom is 0.326 e. The Labute approximate surface area is 217 Å². The van der Waals surface area contributed by atoms with Crippen LogP contribution in [0.4, 0.5) is 0 Å². The first-order chi connectivity index (χ1) is 17.4. The highest BCUT2D eigenvalue weighted by molar-refractivity contribution is 8.01. The van der Waals surface area contributed by atoms with E-state index in [-0.39, 0.29) is 42.0 Å². The molecule has 0 saturated carbocycles. The molecule has 2 aliphatic rings. The lowest BCUT2D eigenvalue weighted by Gasteiger charge is -2.33. The van der Waals surface area contributed by atoms with Crippen LogP contribution in [0, 0.1) is 5.92 Å². The molecule has 2 aliphatic heterocycles. The van der Waals surface area contributed by atoms with Crippen molar-refractivity contribution in [2.45, 2.75) is 56.2 Å². The minimum Gasteiger partial charge on any atom is -0.342 e. The molecule has 2 amide bonds. The number of rotatable bonds is 7. The van der Waals surface area contributed by atoms with Gasteiger partial charge in [-0.25, -0.2) is 4.79 Å². The van der Waals surface area contributed by atoms with E-state index in [4.69, 9.17) is 0 Å². The normalized spacial score (nSPS) is 21.1. The van der Waals surface area contributed by atoms with Crippen LogP contribution < -0.4 is 5.69 Å².